The van der Waals surface area contributed by atoms with Gasteiger partial charge in [-0.3, -0.25) is 4.79 Å². The second-order valence-electron chi connectivity index (χ2n) is 4.35. The fourth-order valence-corrected chi connectivity index (χ4v) is 1.25. The summed E-state index contributed by atoms with van der Waals surface area (Å²) < 4.78 is 0. The second kappa shape index (κ2) is 7.47. The number of nitrogens with one attached hydrogen (secondary N) is 3. The minimum atomic E-state index is -0.0349. The molecule has 0 spiro atoms. The van der Waals surface area contributed by atoms with Crippen molar-refractivity contribution in [3.63, 3.8) is 0 Å². The molecule has 1 aromatic heterocycles. The number of carbonyl (C=O) groups excluding carboxylic acids is 1. The standard InChI is InChI=1S/C12H21N5O/c1-4-13-12-14-6-5-10(17-12)15-8-11(18)16-7-9(2)3/h5-6,9H,4,7-8H2,1-3H3,(H,16,18)(H2,13,14,15,17). The lowest BCUT2D eigenvalue weighted by atomic mass is 10.2. The molecule has 1 aromatic rings. The van der Waals surface area contributed by atoms with Crippen molar-refractivity contribution >= 4 is 17.7 Å². The fourth-order valence-electron chi connectivity index (χ4n) is 1.25. The van der Waals surface area contributed by atoms with Crippen LogP contribution in [0.25, 0.3) is 0 Å². The molecule has 0 aliphatic carbocycles. The minimum absolute atomic E-state index is 0.0349. The number of hydrogen-bond acceptors (Lipinski definition) is 5. The highest BCUT2D eigenvalue weighted by Crippen LogP contribution is 2.04. The van der Waals surface area contributed by atoms with E-state index in [0.29, 0.717) is 24.2 Å². The van der Waals surface area contributed by atoms with Gasteiger partial charge in [0.15, 0.2) is 0 Å². The summed E-state index contributed by atoms with van der Waals surface area (Å²) >= 11 is 0. The van der Waals surface area contributed by atoms with E-state index >= 15 is 0 Å². The molecule has 0 aromatic carbocycles. The van der Waals surface area contributed by atoms with Crippen LogP contribution in [-0.4, -0.2) is 35.5 Å². The molecule has 0 bridgehead atoms. The second-order valence-corrected chi connectivity index (χ2v) is 4.35. The summed E-state index contributed by atoms with van der Waals surface area (Å²) in [4.78, 5) is 19.8. The van der Waals surface area contributed by atoms with Crippen LogP contribution >= 0.6 is 0 Å². The van der Waals surface area contributed by atoms with E-state index < -0.39 is 0 Å². The van der Waals surface area contributed by atoms with Crippen LogP contribution in [0.4, 0.5) is 11.8 Å². The Morgan fingerprint density at radius 3 is 2.83 bits per heavy atom. The summed E-state index contributed by atoms with van der Waals surface area (Å²) in [5, 5.41) is 8.81. The third kappa shape index (κ3) is 5.47. The van der Waals surface area contributed by atoms with Gasteiger partial charge in [0.05, 0.1) is 6.54 Å². The zero-order valence-electron chi connectivity index (χ0n) is 11.2. The third-order valence-corrected chi connectivity index (χ3v) is 2.13. The molecule has 18 heavy (non-hydrogen) atoms. The van der Waals surface area contributed by atoms with Crippen molar-refractivity contribution in [1.29, 1.82) is 0 Å². The van der Waals surface area contributed by atoms with Crippen LogP contribution in [0.1, 0.15) is 20.8 Å². The topological polar surface area (TPSA) is 78.9 Å². The lowest BCUT2D eigenvalue weighted by Gasteiger charge is -2.09. The van der Waals surface area contributed by atoms with Crippen molar-refractivity contribution in [2.45, 2.75) is 20.8 Å². The highest BCUT2D eigenvalue weighted by Gasteiger charge is 2.03. The average Bonchev–Trinajstić information content (AvgIpc) is 2.35. The Balaban J connectivity index is 2.38. The molecule has 1 amide bonds. The van der Waals surface area contributed by atoms with Crippen molar-refractivity contribution in [2.24, 2.45) is 5.92 Å². The van der Waals surface area contributed by atoms with Gasteiger partial charge in [-0.2, -0.15) is 4.98 Å². The summed E-state index contributed by atoms with van der Waals surface area (Å²) in [7, 11) is 0. The molecule has 6 nitrogen and oxygen atoms in total. The quantitative estimate of drug-likeness (QED) is 0.676. The number of amides is 1. The predicted molar refractivity (Wildman–Crippen MR) is 72.5 cm³/mol. The first-order valence-electron chi connectivity index (χ1n) is 6.19. The molecule has 0 aliphatic heterocycles. The molecule has 0 aliphatic rings. The highest BCUT2D eigenvalue weighted by molar-refractivity contribution is 5.80. The molecule has 0 radical (unpaired) electrons. The van der Waals surface area contributed by atoms with E-state index in [1.807, 2.05) is 6.92 Å². The number of rotatable bonds is 7. The molecule has 1 heterocycles. The van der Waals surface area contributed by atoms with Gasteiger partial charge >= 0.3 is 0 Å². The normalized spacial score (nSPS) is 10.2. The van der Waals surface area contributed by atoms with Gasteiger partial charge in [-0.25, -0.2) is 4.98 Å². The van der Waals surface area contributed by atoms with Crippen LogP contribution in [-0.2, 0) is 4.79 Å². The number of aromatic nitrogens is 2. The number of hydrogen-bond donors (Lipinski definition) is 3. The van der Waals surface area contributed by atoms with Gasteiger partial charge in [0.25, 0.3) is 0 Å². The Morgan fingerprint density at radius 1 is 1.39 bits per heavy atom. The molecule has 0 saturated heterocycles. The zero-order valence-corrected chi connectivity index (χ0v) is 11.2. The number of carbonyl (C=O) groups is 1. The van der Waals surface area contributed by atoms with Crippen molar-refractivity contribution < 1.29 is 4.79 Å². The van der Waals surface area contributed by atoms with Crippen LogP contribution in [0.15, 0.2) is 12.3 Å². The van der Waals surface area contributed by atoms with Gasteiger partial charge in [-0.15, -0.1) is 0 Å². The summed E-state index contributed by atoms with van der Waals surface area (Å²) in [5.41, 5.74) is 0. The average molecular weight is 251 g/mol. The molecule has 6 heteroatoms. The van der Waals surface area contributed by atoms with Gasteiger partial charge in [0.2, 0.25) is 11.9 Å². The summed E-state index contributed by atoms with van der Waals surface area (Å²) in [5.74, 6) is 1.62. The van der Waals surface area contributed by atoms with Crippen LogP contribution in [0, 0.1) is 5.92 Å². The molecule has 3 N–H and O–H groups in total. The molecule has 0 fully saturated rings. The predicted octanol–water partition coefficient (Wildman–Crippen LogP) is 1.09. The molecule has 1 rings (SSSR count). The van der Waals surface area contributed by atoms with Crippen molar-refractivity contribution in [3.05, 3.63) is 12.3 Å². The monoisotopic (exact) mass is 251 g/mol. The fraction of sp³-hybridized carbons (Fsp3) is 0.583. The molecular weight excluding hydrogens is 230 g/mol. The van der Waals surface area contributed by atoms with Gasteiger partial charge in [-0.1, -0.05) is 13.8 Å². The van der Waals surface area contributed by atoms with Crippen LogP contribution < -0.4 is 16.0 Å². The SMILES string of the molecule is CCNc1nccc(NCC(=O)NCC(C)C)n1. The van der Waals surface area contributed by atoms with E-state index in [1.54, 1.807) is 12.3 Å². The number of nitrogens with zero attached hydrogens (tertiary/aromatic N) is 2. The van der Waals surface area contributed by atoms with Gasteiger partial charge < -0.3 is 16.0 Å². The Hall–Kier alpha value is -1.85. The maximum atomic E-state index is 11.5. The molecular formula is C12H21N5O. The highest BCUT2D eigenvalue weighted by atomic mass is 16.1. The lowest BCUT2D eigenvalue weighted by molar-refractivity contribution is -0.119. The first-order valence-corrected chi connectivity index (χ1v) is 6.19. The third-order valence-electron chi connectivity index (χ3n) is 2.13. The van der Waals surface area contributed by atoms with Crippen LogP contribution in [0.2, 0.25) is 0 Å². The maximum absolute atomic E-state index is 11.5. The van der Waals surface area contributed by atoms with E-state index in [9.17, 15) is 4.79 Å². The van der Waals surface area contributed by atoms with E-state index in [0.717, 1.165) is 6.54 Å². The van der Waals surface area contributed by atoms with E-state index in [-0.39, 0.29) is 12.5 Å². The lowest BCUT2D eigenvalue weighted by Crippen LogP contribution is -2.32. The molecule has 0 atom stereocenters. The van der Waals surface area contributed by atoms with Crippen LogP contribution in [0.5, 0.6) is 0 Å². The Bertz CT molecular complexity index is 380. The van der Waals surface area contributed by atoms with E-state index in [2.05, 4.69) is 39.8 Å². The number of anilines is 2. The van der Waals surface area contributed by atoms with Crippen molar-refractivity contribution in [3.8, 4) is 0 Å². The first kappa shape index (κ1) is 14.2. The van der Waals surface area contributed by atoms with Crippen LogP contribution in [0.3, 0.4) is 0 Å². The van der Waals surface area contributed by atoms with Crippen molar-refractivity contribution in [1.82, 2.24) is 15.3 Å². The largest absolute Gasteiger partial charge is 0.361 e. The van der Waals surface area contributed by atoms with Gasteiger partial charge in [0.1, 0.15) is 5.82 Å². The Morgan fingerprint density at radius 2 is 2.17 bits per heavy atom. The zero-order chi connectivity index (χ0) is 13.4. The Kier molecular flexibility index (Phi) is 5.90. The summed E-state index contributed by atoms with van der Waals surface area (Å²) in [6.07, 6.45) is 1.65. The molecule has 0 saturated carbocycles. The van der Waals surface area contributed by atoms with Gasteiger partial charge in [0, 0.05) is 19.3 Å². The summed E-state index contributed by atoms with van der Waals surface area (Å²) in [6, 6.07) is 1.73. The summed E-state index contributed by atoms with van der Waals surface area (Å²) in [6.45, 7) is 7.75. The first-order chi connectivity index (χ1) is 8.61. The van der Waals surface area contributed by atoms with Gasteiger partial charge in [-0.05, 0) is 18.9 Å². The maximum Gasteiger partial charge on any atom is 0.239 e. The molecule has 100 valence electrons. The van der Waals surface area contributed by atoms with Crippen molar-refractivity contribution in [2.75, 3.05) is 30.3 Å². The Labute approximate surface area is 108 Å². The van der Waals surface area contributed by atoms with E-state index in [4.69, 9.17) is 0 Å². The minimum Gasteiger partial charge on any atom is -0.361 e. The van der Waals surface area contributed by atoms with E-state index in [1.165, 1.54) is 0 Å². The molecule has 0 unspecified atom stereocenters. The smallest absolute Gasteiger partial charge is 0.239 e.